The molecule has 2 aromatic rings. The molecule has 0 amide bonds. The first-order chi connectivity index (χ1) is 8.15. The first-order valence-corrected chi connectivity index (χ1v) is 5.36. The SMILES string of the molecule is Cc1c(-c2ccccc2)cn(C)c1C(=O)C=O. The fourth-order valence-electron chi connectivity index (χ4n) is 2.07. The fourth-order valence-corrected chi connectivity index (χ4v) is 2.07. The minimum atomic E-state index is -0.479. The number of rotatable bonds is 3. The van der Waals surface area contributed by atoms with Crippen LogP contribution in [0.3, 0.4) is 0 Å². The Labute approximate surface area is 99.7 Å². The van der Waals surface area contributed by atoms with E-state index in [4.69, 9.17) is 0 Å². The van der Waals surface area contributed by atoms with Gasteiger partial charge in [-0.2, -0.15) is 0 Å². The fraction of sp³-hybridized carbons (Fsp3) is 0.143. The number of carbonyl (C=O) groups is 2. The summed E-state index contributed by atoms with van der Waals surface area (Å²) in [5.74, 6) is -0.479. The van der Waals surface area contributed by atoms with Crippen LogP contribution in [-0.2, 0) is 11.8 Å². The van der Waals surface area contributed by atoms with Crippen molar-refractivity contribution in [3.8, 4) is 11.1 Å². The molecule has 86 valence electrons. The molecule has 2 rings (SSSR count). The Morgan fingerprint density at radius 2 is 1.88 bits per heavy atom. The molecule has 0 saturated heterocycles. The third-order valence-electron chi connectivity index (χ3n) is 2.86. The third-order valence-corrected chi connectivity index (χ3v) is 2.86. The zero-order valence-corrected chi connectivity index (χ0v) is 9.81. The molecule has 3 nitrogen and oxygen atoms in total. The topological polar surface area (TPSA) is 39.1 Å². The molecule has 0 fully saturated rings. The molecule has 0 atom stereocenters. The average Bonchev–Trinajstić information content (AvgIpc) is 2.65. The van der Waals surface area contributed by atoms with Gasteiger partial charge in [0.1, 0.15) is 0 Å². The molecule has 3 heteroatoms. The van der Waals surface area contributed by atoms with Crippen LogP contribution >= 0.6 is 0 Å². The van der Waals surface area contributed by atoms with Crippen molar-refractivity contribution in [2.24, 2.45) is 7.05 Å². The Hall–Kier alpha value is -2.16. The van der Waals surface area contributed by atoms with Crippen molar-refractivity contribution in [2.75, 3.05) is 0 Å². The monoisotopic (exact) mass is 227 g/mol. The lowest BCUT2D eigenvalue weighted by atomic mass is 10.0. The average molecular weight is 227 g/mol. The smallest absolute Gasteiger partial charge is 0.241 e. The van der Waals surface area contributed by atoms with E-state index < -0.39 is 5.78 Å². The molecule has 0 aliphatic heterocycles. The Kier molecular flexibility index (Phi) is 2.91. The molecule has 0 radical (unpaired) electrons. The van der Waals surface area contributed by atoms with E-state index in [0.717, 1.165) is 16.7 Å². The predicted octanol–water partition coefficient (Wildman–Crippen LogP) is 2.38. The molecule has 1 aromatic carbocycles. The minimum Gasteiger partial charge on any atom is -0.347 e. The van der Waals surface area contributed by atoms with Crippen molar-refractivity contribution in [1.82, 2.24) is 4.57 Å². The van der Waals surface area contributed by atoms with Gasteiger partial charge in [-0.3, -0.25) is 9.59 Å². The van der Waals surface area contributed by atoms with Crippen LogP contribution in [0, 0.1) is 6.92 Å². The van der Waals surface area contributed by atoms with Gasteiger partial charge in [-0.05, 0) is 18.1 Å². The van der Waals surface area contributed by atoms with Crippen molar-refractivity contribution in [1.29, 1.82) is 0 Å². The Bertz CT molecular complexity index is 567. The van der Waals surface area contributed by atoms with Gasteiger partial charge in [0.05, 0.1) is 5.69 Å². The molecule has 0 aliphatic carbocycles. The highest BCUT2D eigenvalue weighted by molar-refractivity contribution is 6.33. The van der Waals surface area contributed by atoms with Crippen molar-refractivity contribution >= 4 is 12.1 Å². The number of hydrogen-bond donors (Lipinski definition) is 0. The van der Waals surface area contributed by atoms with Gasteiger partial charge in [-0.25, -0.2) is 0 Å². The number of aromatic nitrogens is 1. The highest BCUT2D eigenvalue weighted by Gasteiger charge is 2.17. The van der Waals surface area contributed by atoms with Crippen molar-refractivity contribution < 1.29 is 9.59 Å². The number of carbonyl (C=O) groups excluding carboxylic acids is 2. The van der Waals surface area contributed by atoms with Crippen LogP contribution in [0.25, 0.3) is 11.1 Å². The lowest BCUT2D eigenvalue weighted by Crippen LogP contribution is -2.07. The van der Waals surface area contributed by atoms with E-state index in [-0.39, 0.29) is 0 Å². The maximum Gasteiger partial charge on any atom is 0.241 e. The standard InChI is InChI=1S/C14H13NO2/c1-10-12(11-6-4-3-5-7-11)8-15(2)14(10)13(17)9-16/h3-9H,1-2H3. The minimum absolute atomic E-state index is 0.358. The van der Waals surface area contributed by atoms with Crippen molar-refractivity contribution in [3.63, 3.8) is 0 Å². The Balaban J connectivity index is 2.59. The molecule has 0 N–H and O–H groups in total. The van der Waals surface area contributed by atoms with E-state index in [0.29, 0.717) is 12.0 Å². The first kappa shape index (κ1) is 11.3. The zero-order chi connectivity index (χ0) is 12.4. The summed E-state index contributed by atoms with van der Waals surface area (Å²) in [6.07, 6.45) is 2.23. The Morgan fingerprint density at radius 1 is 1.24 bits per heavy atom. The number of aldehydes is 1. The van der Waals surface area contributed by atoms with Crippen LogP contribution < -0.4 is 0 Å². The van der Waals surface area contributed by atoms with Crippen LogP contribution in [0.15, 0.2) is 36.5 Å². The normalized spacial score (nSPS) is 10.2. The lowest BCUT2D eigenvalue weighted by Gasteiger charge is -2.00. The van der Waals surface area contributed by atoms with E-state index in [1.165, 1.54) is 0 Å². The third kappa shape index (κ3) is 1.91. The number of hydrogen-bond acceptors (Lipinski definition) is 2. The van der Waals surface area contributed by atoms with Gasteiger partial charge in [-0.1, -0.05) is 30.3 Å². The number of nitrogens with zero attached hydrogens (tertiary/aromatic N) is 1. The lowest BCUT2D eigenvalue weighted by molar-refractivity contribution is -0.104. The first-order valence-electron chi connectivity index (χ1n) is 5.36. The van der Waals surface area contributed by atoms with E-state index in [9.17, 15) is 9.59 Å². The summed E-state index contributed by atoms with van der Waals surface area (Å²) in [6, 6.07) is 9.81. The second kappa shape index (κ2) is 4.37. The maximum absolute atomic E-state index is 11.5. The van der Waals surface area contributed by atoms with Crippen LogP contribution in [0.1, 0.15) is 16.1 Å². The van der Waals surface area contributed by atoms with Gasteiger partial charge >= 0.3 is 0 Å². The van der Waals surface area contributed by atoms with Crippen LogP contribution in [0.2, 0.25) is 0 Å². The number of ketones is 1. The highest BCUT2D eigenvalue weighted by atomic mass is 16.2. The Morgan fingerprint density at radius 3 is 2.47 bits per heavy atom. The highest BCUT2D eigenvalue weighted by Crippen LogP contribution is 2.26. The second-order valence-electron chi connectivity index (χ2n) is 3.98. The molecular formula is C14H13NO2. The summed E-state index contributed by atoms with van der Waals surface area (Å²) in [5.41, 5.74) is 3.33. The molecule has 0 bridgehead atoms. The summed E-state index contributed by atoms with van der Waals surface area (Å²) in [4.78, 5) is 22.1. The molecule has 0 saturated carbocycles. The van der Waals surface area contributed by atoms with Crippen molar-refractivity contribution in [3.05, 3.63) is 47.8 Å². The zero-order valence-electron chi connectivity index (χ0n) is 9.81. The largest absolute Gasteiger partial charge is 0.347 e. The van der Waals surface area contributed by atoms with Gasteiger partial charge in [0.25, 0.3) is 0 Å². The molecule has 17 heavy (non-hydrogen) atoms. The molecule has 0 spiro atoms. The number of Topliss-reactive ketones (excluding diaryl/α,β-unsaturated/α-hetero) is 1. The summed E-state index contributed by atoms with van der Waals surface area (Å²) in [5, 5.41) is 0. The summed E-state index contributed by atoms with van der Waals surface area (Å²) in [6.45, 7) is 1.86. The van der Waals surface area contributed by atoms with Gasteiger partial charge < -0.3 is 4.57 Å². The second-order valence-corrected chi connectivity index (χ2v) is 3.98. The van der Waals surface area contributed by atoms with Gasteiger partial charge in [0.15, 0.2) is 6.29 Å². The quantitative estimate of drug-likeness (QED) is 0.459. The van der Waals surface area contributed by atoms with Gasteiger partial charge in [-0.15, -0.1) is 0 Å². The van der Waals surface area contributed by atoms with Crippen molar-refractivity contribution in [2.45, 2.75) is 6.92 Å². The summed E-state index contributed by atoms with van der Waals surface area (Å²) in [7, 11) is 1.77. The van der Waals surface area contributed by atoms with Crippen LogP contribution in [0.4, 0.5) is 0 Å². The van der Waals surface area contributed by atoms with Crippen LogP contribution in [0.5, 0.6) is 0 Å². The molecular weight excluding hydrogens is 214 g/mol. The molecule has 1 heterocycles. The van der Waals surface area contributed by atoms with E-state index in [1.807, 2.05) is 43.5 Å². The van der Waals surface area contributed by atoms with E-state index >= 15 is 0 Å². The van der Waals surface area contributed by atoms with Gasteiger partial charge in [0, 0.05) is 18.8 Å². The molecule has 0 unspecified atom stereocenters. The van der Waals surface area contributed by atoms with E-state index in [1.54, 1.807) is 11.6 Å². The molecule has 1 aromatic heterocycles. The van der Waals surface area contributed by atoms with Crippen LogP contribution in [-0.4, -0.2) is 16.6 Å². The maximum atomic E-state index is 11.5. The number of aryl methyl sites for hydroxylation is 1. The summed E-state index contributed by atoms with van der Waals surface area (Å²) < 4.78 is 1.70. The summed E-state index contributed by atoms with van der Waals surface area (Å²) >= 11 is 0. The van der Waals surface area contributed by atoms with Gasteiger partial charge in [0.2, 0.25) is 5.78 Å². The van der Waals surface area contributed by atoms with E-state index in [2.05, 4.69) is 0 Å². The number of benzene rings is 1. The predicted molar refractivity (Wildman–Crippen MR) is 66.0 cm³/mol. The molecule has 0 aliphatic rings.